The number of rotatable bonds is 3. The van der Waals surface area contributed by atoms with Gasteiger partial charge in [0.15, 0.2) is 0 Å². The van der Waals surface area contributed by atoms with E-state index in [2.05, 4.69) is 55.3 Å². The van der Waals surface area contributed by atoms with Crippen LogP contribution in [0.4, 0.5) is 17.5 Å². The average molecular weight is 474 g/mol. The van der Waals surface area contributed by atoms with Crippen LogP contribution in [-0.2, 0) is 9.59 Å². The number of hydrogen-bond donors (Lipinski definition) is 3. The number of nitrogens with zero attached hydrogens (tertiary/aromatic N) is 2. The van der Waals surface area contributed by atoms with Gasteiger partial charge < -0.3 is 15.5 Å². The largest absolute Gasteiger partial charge is 0.337 e. The second-order valence-corrected chi connectivity index (χ2v) is 8.90. The van der Waals surface area contributed by atoms with Gasteiger partial charge in [-0.25, -0.2) is 0 Å². The van der Waals surface area contributed by atoms with Gasteiger partial charge in [-0.1, -0.05) is 15.9 Å². The van der Waals surface area contributed by atoms with Crippen LogP contribution < -0.4 is 21.1 Å². The summed E-state index contributed by atoms with van der Waals surface area (Å²) in [5, 5.41) is 5.47. The van der Waals surface area contributed by atoms with Crippen LogP contribution in [0.3, 0.4) is 0 Å². The molecule has 1 aromatic heterocycles. The molecule has 3 heterocycles. The molecule has 1 saturated heterocycles. The van der Waals surface area contributed by atoms with E-state index < -0.39 is 17.4 Å². The molecule has 2 aliphatic rings. The molecule has 1 aromatic carbocycles. The Morgan fingerprint density at radius 1 is 1.17 bits per heavy atom. The summed E-state index contributed by atoms with van der Waals surface area (Å²) in [6.07, 6.45) is 3.05. The highest BCUT2D eigenvalue weighted by atomic mass is 79.9. The molecule has 2 amide bonds. The quantitative estimate of drug-likeness (QED) is 0.633. The first-order valence-corrected chi connectivity index (χ1v) is 10.9. The first kappa shape index (κ1) is 20.6. The highest BCUT2D eigenvalue weighted by molar-refractivity contribution is 9.10. The van der Waals surface area contributed by atoms with Crippen molar-refractivity contribution in [2.75, 3.05) is 15.5 Å². The minimum Gasteiger partial charge on any atom is -0.337 e. The highest BCUT2D eigenvalue weighted by Gasteiger charge is 2.36. The molecule has 3 N–H and O–H groups in total. The van der Waals surface area contributed by atoms with Crippen LogP contribution in [0.1, 0.15) is 51.0 Å². The standard InChI is InChI=1S/C21H24BrN5O3/c1-11-4-3-5-12(2)27(11)21-25-18-17(20(30)26-21)15(10-16(28)24-18)19(29)23-14-8-6-13(22)7-9-14/h6-9,11-12,15H,3-5,10H2,1-2H3,(H,23,29)(H2,24,25,26,28,30)/t11-,12+,15-/m1/s1. The molecule has 2 aromatic rings. The Hall–Kier alpha value is -2.68. The minimum atomic E-state index is -0.904. The number of nitrogens with one attached hydrogen (secondary N) is 3. The molecule has 0 radical (unpaired) electrons. The molecule has 9 heteroatoms. The van der Waals surface area contributed by atoms with Crippen molar-refractivity contribution in [1.29, 1.82) is 0 Å². The Morgan fingerprint density at radius 2 is 1.83 bits per heavy atom. The lowest BCUT2D eigenvalue weighted by atomic mass is 9.92. The molecule has 0 spiro atoms. The number of halogens is 1. The SMILES string of the molecule is C[C@@H]1CCC[C@H](C)N1c1nc2c(c(=O)[nH]1)[C@H](C(=O)Nc1ccc(Br)cc1)CC(=O)N2. The third kappa shape index (κ3) is 3.98. The van der Waals surface area contributed by atoms with Crippen molar-refractivity contribution in [3.8, 4) is 0 Å². The van der Waals surface area contributed by atoms with E-state index in [0.29, 0.717) is 11.6 Å². The third-order valence-corrected chi connectivity index (χ3v) is 6.33. The summed E-state index contributed by atoms with van der Waals surface area (Å²) >= 11 is 3.35. The summed E-state index contributed by atoms with van der Waals surface area (Å²) in [6, 6.07) is 7.56. The molecule has 3 atom stereocenters. The van der Waals surface area contributed by atoms with Gasteiger partial charge in [0.25, 0.3) is 5.56 Å². The Balaban J connectivity index is 1.67. The van der Waals surface area contributed by atoms with E-state index in [1.54, 1.807) is 24.3 Å². The van der Waals surface area contributed by atoms with Gasteiger partial charge in [-0.3, -0.25) is 19.4 Å². The molecule has 8 nitrogen and oxygen atoms in total. The molecule has 0 unspecified atom stereocenters. The fraction of sp³-hybridized carbons (Fsp3) is 0.429. The molecule has 0 aliphatic carbocycles. The lowest BCUT2D eigenvalue weighted by Gasteiger charge is -2.39. The van der Waals surface area contributed by atoms with Gasteiger partial charge in [-0.15, -0.1) is 0 Å². The van der Waals surface area contributed by atoms with Gasteiger partial charge in [0.1, 0.15) is 5.82 Å². The topological polar surface area (TPSA) is 107 Å². The normalized spacial score (nSPS) is 23.5. The van der Waals surface area contributed by atoms with Crippen molar-refractivity contribution in [3.63, 3.8) is 0 Å². The number of H-pyrrole nitrogens is 1. The zero-order valence-corrected chi connectivity index (χ0v) is 18.5. The van der Waals surface area contributed by atoms with Crippen LogP contribution in [0, 0.1) is 0 Å². The number of aromatic nitrogens is 2. The van der Waals surface area contributed by atoms with Gasteiger partial charge in [0.2, 0.25) is 17.8 Å². The van der Waals surface area contributed by atoms with Crippen LogP contribution in [0.5, 0.6) is 0 Å². The van der Waals surface area contributed by atoms with Crippen LogP contribution in [0.25, 0.3) is 0 Å². The Bertz CT molecular complexity index is 1030. The van der Waals surface area contributed by atoms with Crippen molar-refractivity contribution < 1.29 is 9.59 Å². The number of amides is 2. The van der Waals surface area contributed by atoms with Crippen LogP contribution in [-0.4, -0.2) is 33.9 Å². The number of carbonyl (C=O) groups excluding carboxylic acids is 2. The second kappa shape index (κ2) is 8.22. The first-order valence-electron chi connectivity index (χ1n) is 10.1. The summed E-state index contributed by atoms with van der Waals surface area (Å²) in [5.41, 5.74) is 0.397. The van der Waals surface area contributed by atoms with E-state index in [0.717, 1.165) is 23.7 Å². The van der Waals surface area contributed by atoms with E-state index in [1.807, 2.05) is 0 Å². The molecule has 2 aliphatic heterocycles. The van der Waals surface area contributed by atoms with Gasteiger partial charge in [0.05, 0.1) is 11.5 Å². The molecule has 0 saturated carbocycles. The molecule has 0 bridgehead atoms. The Morgan fingerprint density at radius 3 is 2.50 bits per heavy atom. The van der Waals surface area contributed by atoms with Crippen LogP contribution in [0.2, 0.25) is 0 Å². The fourth-order valence-corrected chi connectivity index (χ4v) is 4.57. The molecule has 158 valence electrons. The maximum Gasteiger partial charge on any atom is 0.258 e. The molecule has 30 heavy (non-hydrogen) atoms. The van der Waals surface area contributed by atoms with Crippen LogP contribution >= 0.6 is 15.9 Å². The smallest absolute Gasteiger partial charge is 0.258 e. The van der Waals surface area contributed by atoms with E-state index >= 15 is 0 Å². The van der Waals surface area contributed by atoms with E-state index in [9.17, 15) is 14.4 Å². The summed E-state index contributed by atoms with van der Waals surface area (Å²) < 4.78 is 0.886. The van der Waals surface area contributed by atoms with Crippen molar-refractivity contribution in [2.24, 2.45) is 0 Å². The lowest BCUT2D eigenvalue weighted by Crippen LogP contribution is -2.46. The minimum absolute atomic E-state index is 0.101. The van der Waals surface area contributed by atoms with E-state index in [4.69, 9.17) is 0 Å². The highest BCUT2D eigenvalue weighted by Crippen LogP contribution is 2.32. The number of fused-ring (bicyclic) bond motifs is 1. The maximum atomic E-state index is 13.0. The first-order chi connectivity index (χ1) is 14.3. The fourth-order valence-electron chi connectivity index (χ4n) is 4.31. The van der Waals surface area contributed by atoms with Crippen molar-refractivity contribution in [1.82, 2.24) is 9.97 Å². The number of hydrogen-bond acceptors (Lipinski definition) is 5. The predicted molar refractivity (Wildman–Crippen MR) is 119 cm³/mol. The zero-order valence-electron chi connectivity index (χ0n) is 16.9. The predicted octanol–water partition coefficient (Wildman–Crippen LogP) is 3.36. The number of piperidine rings is 1. The number of anilines is 3. The summed E-state index contributed by atoms with van der Waals surface area (Å²) in [4.78, 5) is 47.7. The summed E-state index contributed by atoms with van der Waals surface area (Å²) in [5.74, 6) is -1.03. The number of aromatic amines is 1. The van der Waals surface area contributed by atoms with Crippen molar-refractivity contribution >= 4 is 45.2 Å². The average Bonchev–Trinajstić information content (AvgIpc) is 2.68. The summed E-state index contributed by atoms with van der Waals surface area (Å²) in [7, 11) is 0. The maximum absolute atomic E-state index is 13.0. The molecular weight excluding hydrogens is 450 g/mol. The number of benzene rings is 1. The number of carbonyl (C=O) groups is 2. The molecule has 1 fully saturated rings. The van der Waals surface area contributed by atoms with Crippen molar-refractivity contribution in [3.05, 3.63) is 44.7 Å². The zero-order chi connectivity index (χ0) is 21.4. The van der Waals surface area contributed by atoms with Gasteiger partial charge in [-0.2, -0.15) is 4.98 Å². The van der Waals surface area contributed by atoms with Gasteiger partial charge >= 0.3 is 0 Å². The van der Waals surface area contributed by atoms with Crippen molar-refractivity contribution in [2.45, 2.75) is 57.5 Å². The molecule has 4 rings (SSSR count). The third-order valence-electron chi connectivity index (χ3n) is 5.80. The second-order valence-electron chi connectivity index (χ2n) is 7.99. The molecular formula is C21H24BrN5O3. The lowest BCUT2D eigenvalue weighted by molar-refractivity contribution is -0.123. The van der Waals surface area contributed by atoms with E-state index in [1.165, 1.54) is 0 Å². The van der Waals surface area contributed by atoms with E-state index in [-0.39, 0.29) is 35.8 Å². The Kier molecular flexibility index (Phi) is 5.64. The summed E-state index contributed by atoms with van der Waals surface area (Å²) in [6.45, 7) is 4.20. The monoisotopic (exact) mass is 473 g/mol. The Labute approximate surface area is 182 Å². The van der Waals surface area contributed by atoms with Gasteiger partial charge in [-0.05, 0) is 57.4 Å². The van der Waals surface area contributed by atoms with Gasteiger partial charge in [0, 0.05) is 28.7 Å². The van der Waals surface area contributed by atoms with Crippen LogP contribution in [0.15, 0.2) is 33.5 Å².